The van der Waals surface area contributed by atoms with Crippen molar-refractivity contribution in [2.45, 2.75) is 33.1 Å². The predicted octanol–water partition coefficient (Wildman–Crippen LogP) is 5.40. The third-order valence-corrected chi connectivity index (χ3v) is 5.02. The van der Waals surface area contributed by atoms with Crippen LogP contribution in [0.3, 0.4) is 0 Å². The summed E-state index contributed by atoms with van der Waals surface area (Å²) in [6.45, 7) is 8.26. The van der Waals surface area contributed by atoms with Crippen molar-refractivity contribution in [3.8, 4) is 5.75 Å². The first-order valence-corrected chi connectivity index (χ1v) is 10.4. The average molecular weight is 438 g/mol. The van der Waals surface area contributed by atoms with Crippen LogP contribution in [0.15, 0.2) is 48.5 Å². The predicted molar refractivity (Wildman–Crippen MR) is 118 cm³/mol. The van der Waals surface area contributed by atoms with E-state index in [1.54, 1.807) is 12.1 Å². The van der Waals surface area contributed by atoms with Crippen LogP contribution in [-0.4, -0.2) is 50.4 Å². The highest BCUT2D eigenvalue weighted by Crippen LogP contribution is 2.25. The normalized spacial score (nSPS) is 11.5. The Balaban J connectivity index is 1.98. The summed E-state index contributed by atoms with van der Waals surface area (Å²) in [6.07, 6.45) is -2.67. The van der Waals surface area contributed by atoms with Crippen LogP contribution in [-0.2, 0) is 0 Å². The maximum absolute atomic E-state index is 12.8. The Morgan fingerprint density at radius 2 is 1.58 bits per heavy atom. The number of para-hydroxylation sites is 1. The highest BCUT2D eigenvalue weighted by molar-refractivity contribution is 6.08. The minimum Gasteiger partial charge on any atom is -0.406 e. The number of benzene rings is 2. The molecule has 8 heteroatoms. The van der Waals surface area contributed by atoms with Gasteiger partial charge in [0, 0.05) is 25.0 Å². The van der Waals surface area contributed by atoms with Crippen LogP contribution in [0.2, 0.25) is 0 Å². The summed E-state index contributed by atoms with van der Waals surface area (Å²) in [5, 5.41) is 2.73. The minimum absolute atomic E-state index is 0.324. The first-order valence-electron chi connectivity index (χ1n) is 10.4. The van der Waals surface area contributed by atoms with Crippen molar-refractivity contribution >= 4 is 17.3 Å². The molecule has 2 aromatic carbocycles. The van der Waals surface area contributed by atoms with E-state index in [-0.39, 0.29) is 11.7 Å². The lowest BCUT2D eigenvalue weighted by atomic mass is 10.1. The van der Waals surface area contributed by atoms with E-state index in [2.05, 4.69) is 33.7 Å². The number of nitrogens with zero attached hydrogens (tertiary/aromatic N) is 2. The molecule has 1 N–H and O–H groups in total. The van der Waals surface area contributed by atoms with Crippen LogP contribution >= 0.6 is 0 Å². The first-order chi connectivity index (χ1) is 14.7. The van der Waals surface area contributed by atoms with Crippen molar-refractivity contribution in [3.05, 3.63) is 54.1 Å². The van der Waals surface area contributed by atoms with Gasteiger partial charge in [-0.2, -0.15) is 0 Å². The molecule has 170 valence electrons. The lowest BCUT2D eigenvalue weighted by molar-refractivity contribution is -0.274. The Labute approximate surface area is 181 Å². The van der Waals surface area contributed by atoms with E-state index in [0.29, 0.717) is 11.3 Å². The first kappa shape index (κ1) is 24.5. The lowest BCUT2D eigenvalue weighted by Gasteiger charge is -2.23. The molecule has 0 radical (unpaired) electrons. The smallest absolute Gasteiger partial charge is 0.406 e. The Morgan fingerprint density at radius 3 is 2.19 bits per heavy atom. The fourth-order valence-electron chi connectivity index (χ4n) is 3.28. The Bertz CT molecular complexity index is 822. The number of rotatable bonds is 11. The zero-order valence-corrected chi connectivity index (χ0v) is 18.2. The van der Waals surface area contributed by atoms with Gasteiger partial charge in [0.2, 0.25) is 0 Å². The summed E-state index contributed by atoms with van der Waals surface area (Å²) >= 11 is 0. The zero-order chi connectivity index (χ0) is 22.9. The number of amides is 1. The maximum atomic E-state index is 12.8. The molecule has 0 fully saturated rings. The molecule has 0 spiro atoms. The third-order valence-electron chi connectivity index (χ3n) is 5.02. The molecule has 0 atom stereocenters. The van der Waals surface area contributed by atoms with E-state index >= 15 is 0 Å². The number of carbonyl (C=O) groups excluding carboxylic acids is 1. The van der Waals surface area contributed by atoms with Gasteiger partial charge in [0.15, 0.2) is 0 Å². The van der Waals surface area contributed by atoms with Gasteiger partial charge in [0.25, 0.3) is 5.91 Å². The second-order valence-electron chi connectivity index (χ2n) is 7.20. The number of anilines is 2. The highest BCUT2D eigenvalue weighted by Gasteiger charge is 2.31. The molecule has 0 aromatic heterocycles. The molecule has 2 rings (SSSR count). The van der Waals surface area contributed by atoms with Crippen molar-refractivity contribution in [1.82, 2.24) is 4.90 Å². The molecule has 5 nitrogen and oxygen atoms in total. The van der Waals surface area contributed by atoms with Crippen molar-refractivity contribution in [2.75, 3.05) is 43.4 Å². The molecule has 0 heterocycles. The van der Waals surface area contributed by atoms with Gasteiger partial charge in [-0.3, -0.25) is 4.79 Å². The third kappa shape index (κ3) is 8.13. The fraction of sp³-hybridized carbons (Fsp3) is 0.435. The second-order valence-corrected chi connectivity index (χ2v) is 7.20. The van der Waals surface area contributed by atoms with Crippen LogP contribution in [0.25, 0.3) is 0 Å². The Kier molecular flexibility index (Phi) is 9.18. The monoisotopic (exact) mass is 437 g/mol. The largest absolute Gasteiger partial charge is 0.573 e. The molecule has 2 aromatic rings. The summed E-state index contributed by atoms with van der Waals surface area (Å²) < 4.78 is 40.7. The molecule has 0 bridgehead atoms. The number of alkyl halides is 3. The summed E-state index contributed by atoms with van der Waals surface area (Å²) in [4.78, 5) is 17.2. The van der Waals surface area contributed by atoms with Gasteiger partial charge in [0.05, 0.1) is 5.56 Å². The highest BCUT2D eigenvalue weighted by atomic mass is 19.4. The molecule has 31 heavy (non-hydrogen) atoms. The number of hydrogen-bond acceptors (Lipinski definition) is 4. The zero-order valence-electron chi connectivity index (χ0n) is 18.2. The van der Waals surface area contributed by atoms with Crippen LogP contribution in [0.4, 0.5) is 24.5 Å². The maximum Gasteiger partial charge on any atom is 0.573 e. The van der Waals surface area contributed by atoms with Crippen LogP contribution in [0.5, 0.6) is 5.75 Å². The molecule has 0 saturated carbocycles. The van der Waals surface area contributed by atoms with E-state index in [9.17, 15) is 18.0 Å². The van der Waals surface area contributed by atoms with Crippen molar-refractivity contribution in [3.63, 3.8) is 0 Å². The van der Waals surface area contributed by atoms with E-state index in [1.165, 1.54) is 12.1 Å². The summed E-state index contributed by atoms with van der Waals surface area (Å²) in [7, 11) is 1.95. The quantitative estimate of drug-likeness (QED) is 0.479. The molecule has 1 amide bonds. The summed E-state index contributed by atoms with van der Waals surface area (Å²) in [5.41, 5.74) is 1.69. The SMILES string of the molecule is CCN(CC)CCCCN(C)c1ccccc1C(=O)Nc1ccc(OC(F)(F)F)cc1. The second kappa shape index (κ2) is 11.6. The van der Waals surface area contributed by atoms with Gasteiger partial charge < -0.3 is 19.9 Å². The van der Waals surface area contributed by atoms with Gasteiger partial charge in [-0.05, 0) is 68.9 Å². The van der Waals surface area contributed by atoms with Gasteiger partial charge >= 0.3 is 6.36 Å². The van der Waals surface area contributed by atoms with Crippen LogP contribution < -0.4 is 15.0 Å². The van der Waals surface area contributed by atoms with Crippen LogP contribution in [0.1, 0.15) is 37.0 Å². The summed E-state index contributed by atoms with van der Waals surface area (Å²) in [6, 6.07) is 12.4. The molecular weight excluding hydrogens is 407 g/mol. The molecule has 0 aliphatic rings. The van der Waals surface area contributed by atoms with E-state index in [1.807, 2.05) is 19.2 Å². The van der Waals surface area contributed by atoms with Gasteiger partial charge in [-0.1, -0.05) is 26.0 Å². The number of halogens is 3. The van der Waals surface area contributed by atoms with Crippen molar-refractivity contribution in [2.24, 2.45) is 0 Å². The Hall–Kier alpha value is -2.74. The molecule has 0 aliphatic heterocycles. The van der Waals surface area contributed by atoms with Gasteiger partial charge in [-0.25, -0.2) is 0 Å². The molecule has 0 unspecified atom stereocenters. The molecular formula is C23H30F3N3O2. The van der Waals surface area contributed by atoms with Gasteiger partial charge in [0.1, 0.15) is 5.75 Å². The molecule has 0 aliphatic carbocycles. The fourth-order valence-corrected chi connectivity index (χ4v) is 3.28. The number of carbonyl (C=O) groups is 1. The number of unbranched alkanes of at least 4 members (excludes halogenated alkanes) is 1. The summed E-state index contributed by atoms with van der Waals surface area (Å²) in [5.74, 6) is -0.662. The van der Waals surface area contributed by atoms with Crippen LogP contribution in [0, 0.1) is 0 Å². The minimum atomic E-state index is -4.75. The van der Waals surface area contributed by atoms with Crippen molar-refractivity contribution < 1.29 is 22.7 Å². The topological polar surface area (TPSA) is 44.8 Å². The number of ether oxygens (including phenoxy) is 1. The van der Waals surface area contributed by atoms with Gasteiger partial charge in [-0.15, -0.1) is 13.2 Å². The Morgan fingerprint density at radius 1 is 0.968 bits per heavy atom. The number of hydrogen-bond donors (Lipinski definition) is 1. The van der Waals surface area contributed by atoms with E-state index in [4.69, 9.17) is 0 Å². The lowest BCUT2D eigenvalue weighted by Crippen LogP contribution is -2.26. The average Bonchev–Trinajstić information content (AvgIpc) is 2.74. The molecule has 0 saturated heterocycles. The van der Waals surface area contributed by atoms with E-state index in [0.717, 1.165) is 56.8 Å². The standard InChI is InChI=1S/C23H30F3N3O2/c1-4-29(5-2)17-9-8-16-28(3)21-11-7-6-10-20(21)22(30)27-18-12-14-19(15-13-18)31-23(24,25)26/h6-7,10-15H,4-5,8-9,16-17H2,1-3H3,(H,27,30). The van der Waals surface area contributed by atoms with Crippen molar-refractivity contribution in [1.29, 1.82) is 0 Å². The number of nitrogens with one attached hydrogen (secondary N) is 1. The van der Waals surface area contributed by atoms with E-state index < -0.39 is 6.36 Å².